The predicted octanol–water partition coefficient (Wildman–Crippen LogP) is 0.330. The second-order valence-electron chi connectivity index (χ2n) is 5.02. The fourth-order valence-corrected chi connectivity index (χ4v) is 2.54. The number of nitrogens with two attached hydrogens (primary N) is 2. The van der Waals surface area contributed by atoms with E-state index in [2.05, 4.69) is 10.2 Å². The minimum Gasteiger partial charge on any atom is -0.399 e. The van der Waals surface area contributed by atoms with Crippen LogP contribution in [-0.4, -0.2) is 32.0 Å². The zero-order valence-electron chi connectivity index (χ0n) is 11.6. The van der Waals surface area contributed by atoms with E-state index in [0.717, 1.165) is 5.69 Å². The van der Waals surface area contributed by atoms with Crippen molar-refractivity contribution < 1.29 is 9.59 Å². The smallest absolute Gasteiger partial charge is 0.253 e. The number of piperidine rings is 1. The molecule has 0 radical (unpaired) electrons. The van der Waals surface area contributed by atoms with E-state index in [-0.39, 0.29) is 17.7 Å². The molecule has 0 spiro atoms. The number of rotatable bonds is 3. The van der Waals surface area contributed by atoms with E-state index in [4.69, 9.17) is 11.5 Å². The molecule has 1 aliphatic rings. The Labute approximate surface area is 118 Å². The van der Waals surface area contributed by atoms with E-state index in [1.54, 1.807) is 25.2 Å². The van der Waals surface area contributed by atoms with Crippen molar-refractivity contribution >= 4 is 23.2 Å². The fraction of sp³-hybridized carbons (Fsp3) is 0.429. The molecule has 5 N–H and O–H groups in total. The first kappa shape index (κ1) is 14.2. The minimum atomic E-state index is -0.247. The molecule has 1 aliphatic heterocycles. The number of nitrogen functional groups attached to an aromatic ring is 1. The summed E-state index contributed by atoms with van der Waals surface area (Å²) < 4.78 is 0. The SMILES string of the molecule is CNC(=O)c1ccc(N)cc1N1CCC(C(N)=O)CC1. The van der Waals surface area contributed by atoms with Crippen molar-refractivity contribution in [1.29, 1.82) is 0 Å². The van der Waals surface area contributed by atoms with Crippen molar-refractivity contribution in [3.8, 4) is 0 Å². The van der Waals surface area contributed by atoms with Gasteiger partial charge in [-0.3, -0.25) is 9.59 Å². The number of anilines is 2. The summed E-state index contributed by atoms with van der Waals surface area (Å²) in [5.74, 6) is -0.462. The molecule has 108 valence electrons. The van der Waals surface area contributed by atoms with Gasteiger partial charge in [0.1, 0.15) is 0 Å². The molecule has 0 bridgehead atoms. The second kappa shape index (κ2) is 5.81. The van der Waals surface area contributed by atoms with Crippen molar-refractivity contribution in [2.45, 2.75) is 12.8 Å². The minimum absolute atomic E-state index is 0.0734. The van der Waals surface area contributed by atoms with Crippen LogP contribution in [0.5, 0.6) is 0 Å². The Morgan fingerprint density at radius 3 is 2.50 bits per heavy atom. The number of nitrogens with one attached hydrogen (secondary N) is 1. The van der Waals surface area contributed by atoms with Crippen LogP contribution in [-0.2, 0) is 4.79 Å². The van der Waals surface area contributed by atoms with Gasteiger partial charge in [-0.25, -0.2) is 0 Å². The third-order valence-corrected chi connectivity index (χ3v) is 3.73. The molecule has 2 amide bonds. The van der Waals surface area contributed by atoms with Crippen LogP contribution in [0.25, 0.3) is 0 Å². The molecule has 1 aromatic carbocycles. The summed E-state index contributed by atoms with van der Waals surface area (Å²) in [5.41, 5.74) is 13.2. The molecule has 1 saturated heterocycles. The highest BCUT2D eigenvalue weighted by Gasteiger charge is 2.25. The number of benzene rings is 1. The maximum Gasteiger partial charge on any atom is 0.253 e. The van der Waals surface area contributed by atoms with Crippen molar-refractivity contribution in [3.63, 3.8) is 0 Å². The van der Waals surface area contributed by atoms with Gasteiger partial charge in [-0.15, -0.1) is 0 Å². The van der Waals surface area contributed by atoms with E-state index in [1.807, 2.05) is 0 Å². The lowest BCUT2D eigenvalue weighted by Crippen LogP contribution is -2.39. The molecule has 0 aromatic heterocycles. The lowest BCUT2D eigenvalue weighted by Gasteiger charge is -2.33. The van der Waals surface area contributed by atoms with Crippen LogP contribution in [0.4, 0.5) is 11.4 Å². The molecule has 0 atom stereocenters. The Bertz CT molecular complexity index is 522. The Morgan fingerprint density at radius 2 is 1.95 bits per heavy atom. The predicted molar refractivity (Wildman–Crippen MR) is 78.4 cm³/mol. The fourth-order valence-electron chi connectivity index (χ4n) is 2.54. The standard InChI is InChI=1S/C14H20N4O2/c1-17-14(20)11-3-2-10(15)8-12(11)18-6-4-9(5-7-18)13(16)19/h2-3,8-9H,4-7,15H2,1H3,(H2,16,19)(H,17,20). The number of nitrogens with zero attached hydrogens (tertiary/aromatic N) is 1. The van der Waals surface area contributed by atoms with E-state index in [0.29, 0.717) is 37.2 Å². The van der Waals surface area contributed by atoms with Gasteiger partial charge in [0, 0.05) is 31.7 Å². The topological polar surface area (TPSA) is 101 Å². The van der Waals surface area contributed by atoms with Crippen molar-refractivity contribution in [2.24, 2.45) is 11.7 Å². The first-order valence-corrected chi connectivity index (χ1v) is 6.68. The molecule has 0 saturated carbocycles. The summed E-state index contributed by atoms with van der Waals surface area (Å²) in [5, 5.41) is 2.63. The van der Waals surface area contributed by atoms with Gasteiger partial charge >= 0.3 is 0 Å². The Hall–Kier alpha value is -2.24. The normalized spacial score (nSPS) is 15.9. The Kier molecular flexibility index (Phi) is 4.12. The van der Waals surface area contributed by atoms with Gasteiger partial charge in [-0.1, -0.05) is 0 Å². The summed E-state index contributed by atoms with van der Waals surface area (Å²) in [4.78, 5) is 25.2. The van der Waals surface area contributed by atoms with E-state index < -0.39 is 0 Å². The Morgan fingerprint density at radius 1 is 1.30 bits per heavy atom. The van der Waals surface area contributed by atoms with Crippen LogP contribution in [0.15, 0.2) is 18.2 Å². The van der Waals surface area contributed by atoms with Gasteiger partial charge < -0.3 is 21.7 Å². The van der Waals surface area contributed by atoms with Gasteiger partial charge in [-0.2, -0.15) is 0 Å². The summed E-state index contributed by atoms with van der Waals surface area (Å²) in [6.45, 7) is 1.39. The highest BCUT2D eigenvalue weighted by atomic mass is 16.2. The van der Waals surface area contributed by atoms with E-state index in [1.165, 1.54) is 0 Å². The highest BCUT2D eigenvalue weighted by molar-refractivity contribution is 6.00. The molecular formula is C14H20N4O2. The molecule has 6 nitrogen and oxygen atoms in total. The molecule has 2 rings (SSSR count). The van der Waals surface area contributed by atoms with Gasteiger partial charge in [-0.05, 0) is 31.0 Å². The molecular weight excluding hydrogens is 256 g/mol. The third kappa shape index (κ3) is 2.84. The number of carbonyl (C=O) groups is 2. The van der Waals surface area contributed by atoms with Crippen molar-refractivity contribution in [2.75, 3.05) is 30.8 Å². The first-order valence-electron chi connectivity index (χ1n) is 6.68. The zero-order valence-corrected chi connectivity index (χ0v) is 11.6. The maximum atomic E-state index is 11.9. The first-order chi connectivity index (χ1) is 9.52. The average Bonchev–Trinajstić information content (AvgIpc) is 2.46. The van der Waals surface area contributed by atoms with E-state index in [9.17, 15) is 9.59 Å². The zero-order chi connectivity index (χ0) is 14.7. The van der Waals surface area contributed by atoms with Gasteiger partial charge in [0.05, 0.1) is 11.3 Å². The number of carbonyl (C=O) groups excluding carboxylic acids is 2. The molecule has 0 aliphatic carbocycles. The summed E-state index contributed by atoms with van der Waals surface area (Å²) in [6, 6.07) is 5.24. The van der Waals surface area contributed by atoms with Crippen LogP contribution in [0.3, 0.4) is 0 Å². The molecule has 0 unspecified atom stereocenters. The largest absolute Gasteiger partial charge is 0.399 e. The Balaban J connectivity index is 2.22. The van der Waals surface area contributed by atoms with Crippen molar-refractivity contribution in [1.82, 2.24) is 5.32 Å². The number of hydrogen-bond acceptors (Lipinski definition) is 4. The lowest BCUT2D eigenvalue weighted by atomic mass is 9.95. The molecule has 1 heterocycles. The van der Waals surface area contributed by atoms with Crippen LogP contribution in [0, 0.1) is 5.92 Å². The monoisotopic (exact) mass is 276 g/mol. The molecule has 20 heavy (non-hydrogen) atoms. The van der Waals surface area contributed by atoms with Gasteiger partial charge in [0.25, 0.3) is 5.91 Å². The van der Waals surface area contributed by atoms with Gasteiger partial charge in [0.2, 0.25) is 5.91 Å². The maximum absolute atomic E-state index is 11.9. The number of amides is 2. The third-order valence-electron chi connectivity index (χ3n) is 3.73. The molecule has 6 heteroatoms. The number of primary amides is 1. The van der Waals surface area contributed by atoms with Gasteiger partial charge in [0.15, 0.2) is 0 Å². The van der Waals surface area contributed by atoms with Crippen LogP contribution in [0.2, 0.25) is 0 Å². The highest BCUT2D eigenvalue weighted by Crippen LogP contribution is 2.28. The molecule has 1 fully saturated rings. The quantitative estimate of drug-likeness (QED) is 0.692. The summed E-state index contributed by atoms with van der Waals surface area (Å²) in [7, 11) is 1.60. The van der Waals surface area contributed by atoms with Crippen molar-refractivity contribution in [3.05, 3.63) is 23.8 Å². The average molecular weight is 276 g/mol. The molecule has 1 aromatic rings. The number of hydrogen-bond donors (Lipinski definition) is 3. The summed E-state index contributed by atoms with van der Waals surface area (Å²) >= 11 is 0. The lowest BCUT2D eigenvalue weighted by molar-refractivity contribution is -0.122. The summed E-state index contributed by atoms with van der Waals surface area (Å²) in [6.07, 6.45) is 1.41. The van der Waals surface area contributed by atoms with E-state index >= 15 is 0 Å². The van der Waals surface area contributed by atoms with Crippen LogP contribution < -0.4 is 21.7 Å². The second-order valence-corrected chi connectivity index (χ2v) is 5.02. The van der Waals surface area contributed by atoms with Crippen LogP contribution in [0.1, 0.15) is 23.2 Å². The van der Waals surface area contributed by atoms with Crippen LogP contribution >= 0.6 is 0 Å².